The highest BCUT2D eigenvalue weighted by atomic mass is 32.2. The van der Waals surface area contributed by atoms with E-state index in [0.717, 1.165) is 12.7 Å². The third-order valence-corrected chi connectivity index (χ3v) is 6.78. The van der Waals surface area contributed by atoms with E-state index < -0.39 is 57.6 Å². The molecule has 0 aliphatic heterocycles. The summed E-state index contributed by atoms with van der Waals surface area (Å²) in [5.41, 5.74) is -0.286. The third-order valence-electron chi connectivity index (χ3n) is 4.99. The maximum atomic E-state index is 13.5. The lowest BCUT2D eigenvalue weighted by Crippen LogP contribution is -2.52. The molecule has 176 valence electrons. The Morgan fingerprint density at radius 3 is 2.09 bits per heavy atom. The highest BCUT2D eigenvalue weighted by molar-refractivity contribution is 7.89. The molecule has 1 fully saturated rings. The van der Waals surface area contributed by atoms with Crippen LogP contribution in [-0.2, 0) is 33.9 Å². The summed E-state index contributed by atoms with van der Waals surface area (Å²) >= 11 is 0. The average Bonchev–Trinajstić information content (AvgIpc) is 2.68. The number of rotatable bonds is 6. The summed E-state index contributed by atoms with van der Waals surface area (Å²) in [6, 6.07) is 3.93. The van der Waals surface area contributed by atoms with Crippen molar-refractivity contribution in [3.05, 3.63) is 29.8 Å². The summed E-state index contributed by atoms with van der Waals surface area (Å²) < 4.78 is 37.3. The van der Waals surface area contributed by atoms with Gasteiger partial charge in [0.25, 0.3) is 10.0 Å². The maximum absolute atomic E-state index is 13.5. The lowest BCUT2D eigenvalue weighted by atomic mass is 9.82. The molecule has 0 unspecified atom stereocenters. The lowest BCUT2D eigenvalue weighted by Gasteiger charge is -2.33. The second kappa shape index (κ2) is 9.81. The third kappa shape index (κ3) is 5.93. The first-order valence-electron chi connectivity index (χ1n) is 10.2. The highest BCUT2D eigenvalue weighted by Gasteiger charge is 2.46. The van der Waals surface area contributed by atoms with Gasteiger partial charge in [-0.05, 0) is 52.7 Å². The SMILES string of the molecule is COC(=O)[C@H](CC1C(=O)CCCC1=O)N(C(=O)OC(C)(C)C)S(=O)(=O)c1ccc(C)cc1. The van der Waals surface area contributed by atoms with Crippen molar-refractivity contribution in [2.45, 2.75) is 69.9 Å². The molecule has 0 heterocycles. The standard InChI is InChI=1S/C22H29NO8S/c1-14-9-11-15(12-10-14)32(28,29)23(21(27)31-22(2,3)4)17(20(26)30-5)13-16-18(24)7-6-8-19(16)25/h9-12,16-17H,6-8,13H2,1-5H3/t17-/m0/s1. The molecule has 1 amide bonds. The predicted octanol–water partition coefficient (Wildman–Crippen LogP) is 2.79. The lowest BCUT2D eigenvalue weighted by molar-refractivity contribution is -0.146. The molecule has 0 N–H and O–H groups in total. The topological polar surface area (TPSA) is 124 Å². The Morgan fingerprint density at radius 1 is 1.09 bits per heavy atom. The predicted molar refractivity (Wildman–Crippen MR) is 114 cm³/mol. The fraction of sp³-hybridized carbons (Fsp3) is 0.545. The van der Waals surface area contributed by atoms with Crippen LogP contribution in [0.4, 0.5) is 4.79 Å². The molecule has 1 saturated carbocycles. The molecule has 1 aromatic rings. The largest absolute Gasteiger partial charge is 0.467 e. The van der Waals surface area contributed by atoms with Crippen LogP contribution < -0.4 is 0 Å². The molecular formula is C22H29NO8S. The van der Waals surface area contributed by atoms with Crippen LogP contribution in [0, 0.1) is 12.8 Å². The number of Topliss-reactive ketones (excluding diaryl/α,β-unsaturated/α-hetero) is 2. The first-order valence-corrected chi connectivity index (χ1v) is 11.7. The Bertz CT molecular complexity index is 976. The number of hydrogen-bond donors (Lipinski definition) is 0. The van der Waals surface area contributed by atoms with E-state index in [2.05, 4.69) is 0 Å². The van der Waals surface area contributed by atoms with Gasteiger partial charge in [-0.3, -0.25) is 9.59 Å². The molecule has 9 nitrogen and oxygen atoms in total. The number of carbonyl (C=O) groups is 4. The van der Waals surface area contributed by atoms with Crippen LogP contribution in [-0.4, -0.2) is 55.1 Å². The van der Waals surface area contributed by atoms with Crippen LogP contribution in [0.25, 0.3) is 0 Å². The van der Waals surface area contributed by atoms with Crippen LogP contribution in [0.3, 0.4) is 0 Å². The van der Waals surface area contributed by atoms with Crippen LogP contribution in [0.1, 0.15) is 52.0 Å². The molecular weight excluding hydrogens is 438 g/mol. The van der Waals surface area contributed by atoms with Gasteiger partial charge in [0.1, 0.15) is 17.2 Å². The van der Waals surface area contributed by atoms with Gasteiger partial charge in [-0.15, -0.1) is 0 Å². The van der Waals surface area contributed by atoms with E-state index in [1.807, 2.05) is 0 Å². The summed E-state index contributed by atoms with van der Waals surface area (Å²) in [5.74, 6) is -3.07. The van der Waals surface area contributed by atoms with Crippen molar-refractivity contribution in [2.24, 2.45) is 5.92 Å². The van der Waals surface area contributed by atoms with E-state index in [0.29, 0.717) is 10.7 Å². The van der Waals surface area contributed by atoms with E-state index in [1.54, 1.807) is 39.8 Å². The monoisotopic (exact) mass is 467 g/mol. The van der Waals surface area contributed by atoms with Crippen molar-refractivity contribution < 1.29 is 37.1 Å². The molecule has 0 spiro atoms. The summed E-state index contributed by atoms with van der Waals surface area (Å²) in [5, 5.41) is 0. The molecule has 1 aliphatic rings. The van der Waals surface area contributed by atoms with Crippen molar-refractivity contribution in [3.8, 4) is 0 Å². The fourth-order valence-corrected chi connectivity index (χ4v) is 4.85. The van der Waals surface area contributed by atoms with Gasteiger partial charge in [-0.25, -0.2) is 18.0 Å². The van der Waals surface area contributed by atoms with E-state index >= 15 is 0 Å². The number of sulfonamides is 1. The highest BCUT2D eigenvalue weighted by Crippen LogP contribution is 2.29. The van der Waals surface area contributed by atoms with E-state index in [4.69, 9.17) is 9.47 Å². The number of carbonyl (C=O) groups excluding carboxylic acids is 4. The average molecular weight is 468 g/mol. The van der Waals surface area contributed by atoms with Gasteiger partial charge in [0.05, 0.1) is 17.9 Å². The minimum atomic E-state index is -4.59. The van der Waals surface area contributed by atoms with Crippen LogP contribution in [0.15, 0.2) is 29.2 Å². The van der Waals surface area contributed by atoms with Crippen molar-refractivity contribution in [1.29, 1.82) is 0 Å². The zero-order valence-corrected chi connectivity index (χ0v) is 19.7. The van der Waals surface area contributed by atoms with E-state index in [1.165, 1.54) is 12.1 Å². The second-order valence-corrected chi connectivity index (χ2v) is 10.5. The molecule has 0 saturated heterocycles. The van der Waals surface area contributed by atoms with Gasteiger partial charge in [-0.1, -0.05) is 17.7 Å². The molecule has 0 radical (unpaired) electrons. The van der Waals surface area contributed by atoms with Gasteiger partial charge < -0.3 is 9.47 Å². The van der Waals surface area contributed by atoms with Crippen LogP contribution >= 0.6 is 0 Å². The summed E-state index contributed by atoms with van der Waals surface area (Å²) in [4.78, 5) is 50.2. The summed E-state index contributed by atoms with van der Waals surface area (Å²) in [7, 11) is -3.56. The van der Waals surface area contributed by atoms with Gasteiger partial charge in [0.15, 0.2) is 6.04 Å². The van der Waals surface area contributed by atoms with Crippen molar-refractivity contribution in [1.82, 2.24) is 4.31 Å². The summed E-state index contributed by atoms with van der Waals surface area (Å²) in [6.45, 7) is 6.40. The Kier molecular flexibility index (Phi) is 7.82. The molecule has 2 rings (SSSR count). The fourth-order valence-electron chi connectivity index (χ4n) is 3.40. The van der Waals surface area contributed by atoms with Gasteiger partial charge >= 0.3 is 12.1 Å². The number of esters is 1. The number of aryl methyl sites for hydroxylation is 1. The Balaban J connectivity index is 2.60. The minimum Gasteiger partial charge on any atom is -0.467 e. The first kappa shape index (κ1) is 25.5. The Morgan fingerprint density at radius 2 is 1.62 bits per heavy atom. The zero-order valence-electron chi connectivity index (χ0n) is 18.9. The molecule has 0 bridgehead atoms. The second-order valence-electron chi connectivity index (χ2n) is 8.71. The van der Waals surface area contributed by atoms with Crippen molar-refractivity contribution >= 4 is 33.7 Å². The molecule has 32 heavy (non-hydrogen) atoms. The van der Waals surface area contributed by atoms with Gasteiger partial charge in [0.2, 0.25) is 0 Å². The van der Waals surface area contributed by atoms with Gasteiger partial charge in [-0.2, -0.15) is 4.31 Å². The molecule has 1 atom stereocenters. The number of ketones is 2. The number of nitrogens with zero attached hydrogens (tertiary/aromatic N) is 1. The Labute approximate surface area is 188 Å². The van der Waals surface area contributed by atoms with Crippen LogP contribution in [0.2, 0.25) is 0 Å². The number of ether oxygens (including phenoxy) is 2. The summed E-state index contributed by atoms with van der Waals surface area (Å²) in [6.07, 6.45) is -1.13. The molecule has 0 aromatic heterocycles. The normalized spacial score (nSPS) is 16.4. The number of methoxy groups -OCH3 is 1. The number of amides is 1. The maximum Gasteiger partial charge on any atom is 0.425 e. The molecule has 1 aliphatic carbocycles. The van der Waals surface area contributed by atoms with Gasteiger partial charge in [0, 0.05) is 12.8 Å². The smallest absolute Gasteiger partial charge is 0.425 e. The van der Waals surface area contributed by atoms with E-state index in [-0.39, 0.29) is 17.7 Å². The molecule has 10 heteroatoms. The number of benzene rings is 1. The van der Waals surface area contributed by atoms with E-state index in [9.17, 15) is 27.6 Å². The quantitative estimate of drug-likeness (QED) is 0.462. The van der Waals surface area contributed by atoms with Crippen LogP contribution in [0.5, 0.6) is 0 Å². The minimum absolute atomic E-state index is 0.140. The Hall–Kier alpha value is -2.75. The number of hydrogen-bond acceptors (Lipinski definition) is 8. The first-order chi connectivity index (χ1) is 14.8. The van der Waals surface area contributed by atoms with Crippen molar-refractivity contribution in [2.75, 3.05) is 7.11 Å². The van der Waals surface area contributed by atoms with Crippen molar-refractivity contribution in [3.63, 3.8) is 0 Å². The molecule has 1 aromatic carbocycles. The zero-order chi connectivity index (χ0) is 24.3.